The third kappa shape index (κ3) is 4.45. The fraction of sp³-hybridized carbons (Fsp3) is 0.440. The number of hydrogen-bond acceptors (Lipinski definition) is 4. The first-order valence-electron chi connectivity index (χ1n) is 11.2. The maximum Gasteiger partial charge on any atom is 0.271 e. The number of hydrogen-bond donors (Lipinski definition) is 1. The second-order valence-corrected chi connectivity index (χ2v) is 9.80. The molecule has 170 valence electrons. The van der Waals surface area contributed by atoms with E-state index in [-0.39, 0.29) is 17.9 Å². The maximum atomic E-state index is 13.6. The van der Waals surface area contributed by atoms with Gasteiger partial charge in [0.2, 0.25) is 5.91 Å². The van der Waals surface area contributed by atoms with Crippen LogP contribution in [0.25, 0.3) is 10.9 Å². The van der Waals surface area contributed by atoms with Crippen molar-refractivity contribution in [2.45, 2.75) is 51.8 Å². The Hall–Kier alpha value is -2.64. The molecule has 2 aromatic heterocycles. The largest absolute Gasteiger partial charge is 0.379 e. The van der Waals surface area contributed by atoms with E-state index in [2.05, 4.69) is 11.4 Å². The summed E-state index contributed by atoms with van der Waals surface area (Å²) in [5.41, 5.74) is 0.660. The minimum absolute atomic E-state index is 0.0928. The molecule has 0 saturated heterocycles. The zero-order valence-electron chi connectivity index (χ0n) is 19.0. The number of ether oxygens (including phenoxy) is 1. The highest BCUT2D eigenvalue weighted by Crippen LogP contribution is 2.32. The van der Waals surface area contributed by atoms with E-state index < -0.39 is 5.54 Å². The van der Waals surface area contributed by atoms with Crippen LogP contribution >= 0.6 is 11.3 Å². The van der Waals surface area contributed by atoms with E-state index in [1.165, 1.54) is 4.88 Å². The standard InChI is InChI=1S/C25H31N3O3S/c1-18(2)31-14-7-12-26-24(30)25(3)17-27-21-10-5-4-8-19(21)16-22(27)23(29)28(25)13-11-20-9-6-15-32-20/h4-6,8-10,15-16,18H,7,11-14,17H2,1-3H3,(H,26,30)/t25-/m1/s1. The topological polar surface area (TPSA) is 63.6 Å². The predicted molar refractivity (Wildman–Crippen MR) is 128 cm³/mol. The zero-order valence-corrected chi connectivity index (χ0v) is 19.8. The average molecular weight is 454 g/mol. The molecule has 6 nitrogen and oxygen atoms in total. The van der Waals surface area contributed by atoms with Gasteiger partial charge in [0.15, 0.2) is 0 Å². The van der Waals surface area contributed by atoms with Crippen LogP contribution in [0.3, 0.4) is 0 Å². The second-order valence-electron chi connectivity index (χ2n) is 8.76. The molecule has 0 fully saturated rings. The highest BCUT2D eigenvalue weighted by atomic mass is 32.1. The number of fused-ring (bicyclic) bond motifs is 3. The Kier molecular flexibility index (Phi) is 6.67. The molecule has 0 saturated carbocycles. The van der Waals surface area contributed by atoms with Crippen LogP contribution < -0.4 is 5.32 Å². The van der Waals surface area contributed by atoms with E-state index >= 15 is 0 Å². The van der Waals surface area contributed by atoms with Crippen molar-refractivity contribution in [2.75, 3.05) is 19.7 Å². The molecule has 4 rings (SSSR count). The normalized spacial score (nSPS) is 18.4. The van der Waals surface area contributed by atoms with Crippen LogP contribution in [0, 0.1) is 0 Å². The average Bonchev–Trinajstić information content (AvgIpc) is 3.41. The first kappa shape index (κ1) is 22.6. The molecule has 0 radical (unpaired) electrons. The summed E-state index contributed by atoms with van der Waals surface area (Å²) in [4.78, 5) is 30.0. The van der Waals surface area contributed by atoms with Gasteiger partial charge in [-0.05, 0) is 57.2 Å². The number of thiophene rings is 1. The van der Waals surface area contributed by atoms with Crippen molar-refractivity contribution in [3.05, 3.63) is 58.4 Å². The van der Waals surface area contributed by atoms with Crippen molar-refractivity contribution in [3.8, 4) is 0 Å². The number of nitrogens with zero attached hydrogens (tertiary/aromatic N) is 2. The number of carbonyl (C=O) groups excluding carboxylic acids is 2. The van der Waals surface area contributed by atoms with Crippen LogP contribution in [-0.4, -0.2) is 52.6 Å². The van der Waals surface area contributed by atoms with E-state index in [0.29, 0.717) is 31.9 Å². The number of para-hydroxylation sites is 1. The summed E-state index contributed by atoms with van der Waals surface area (Å²) in [7, 11) is 0. The molecule has 1 aliphatic rings. The molecule has 2 amide bonds. The van der Waals surface area contributed by atoms with Crippen molar-refractivity contribution >= 4 is 34.1 Å². The molecule has 3 heterocycles. The van der Waals surface area contributed by atoms with Gasteiger partial charge in [0, 0.05) is 35.5 Å². The van der Waals surface area contributed by atoms with E-state index in [4.69, 9.17) is 4.74 Å². The van der Waals surface area contributed by atoms with Gasteiger partial charge in [0.05, 0.1) is 12.6 Å². The van der Waals surface area contributed by atoms with Gasteiger partial charge in [-0.1, -0.05) is 24.3 Å². The quantitative estimate of drug-likeness (QED) is 0.497. The van der Waals surface area contributed by atoms with Crippen LogP contribution in [0.5, 0.6) is 0 Å². The van der Waals surface area contributed by atoms with Crippen molar-refractivity contribution in [1.82, 2.24) is 14.8 Å². The monoisotopic (exact) mass is 453 g/mol. The SMILES string of the molecule is CC(C)OCCCNC(=O)[C@@]1(C)Cn2c(cc3ccccc32)C(=O)N1CCc1cccs1. The highest BCUT2D eigenvalue weighted by Gasteiger charge is 2.47. The van der Waals surface area contributed by atoms with Crippen LogP contribution in [0.15, 0.2) is 47.8 Å². The fourth-order valence-electron chi connectivity index (χ4n) is 4.32. The van der Waals surface area contributed by atoms with Crippen LogP contribution in [0.1, 0.15) is 42.6 Å². The first-order valence-corrected chi connectivity index (χ1v) is 12.1. The third-order valence-corrected chi connectivity index (χ3v) is 6.98. The van der Waals surface area contributed by atoms with Gasteiger partial charge < -0.3 is 19.5 Å². The summed E-state index contributed by atoms with van der Waals surface area (Å²) < 4.78 is 7.58. The molecule has 1 N–H and O–H groups in total. The fourth-order valence-corrected chi connectivity index (χ4v) is 5.01. The summed E-state index contributed by atoms with van der Waals surface area (Å²) in [5, 5.41) is 6.11. The minimum atomic E-state index is -0.970. The van der Waals surface area contributed by atoms with Crippen molar-refractivity contribution in [2.24, 2.45) is 0 Å². The van der Waals surface area contributed by atoms with Crippen molar-refractivity contribution in [1.29, 1.82) is 0 Å². The van der Waals surface area contributed by atoms with Crippen LogP contribution in [-0.2, 0) is 22.5 Å². The smallest absolute Gasteiger partial charge is 0.271 e. The number of rotatable bonds is 9. The van der Waals surface area contributed by atoms with Gasteiger partial charge in [0.25, 0.3) is 5.91 Å². The van der Waals surface area contributed by atoms with E-state index in [9.17, 15) is 9.59 Å². The van der Waals surface area contributed by atoms with Gasteiger partial charge in [-0.2, -0.15) is 0 Å². The minimum Gasteiger partial charge on any atom is -0.379 e. The van der Waals surface area contributed by atoms with Gasteiger partial charge in [-0.25, -0.2) is 0 Å². The van der Waals surface area contributed by atoms with Crippen molar-refractivity contribution in [3.63, 3.8) is 0 Å². The lowest BCUT2D eigenvalue weighted by molar-refractivity contribution is -0.132. The third-order valence-electron chi connectivity index (χ3n) is 6.05. The zero-order chi connectivity index (χ0) is 22.7. The number of aromatic nitrogens is 1. The first-order chi connectivity index (χ1) is 15.4. The van der Waals surface area contributed by atoms with Gasteiger partial charge in [-0.3, -0.25) is 9.59 Å². The molecule has 0 aliphatic carbocycles. The van der Waals surface area contributed by atoms with Crippen LogP contribution in [0.2, 0.25) is 0 Å². The Labute approximate surface area is 193 Å². The number of benzene rings is 1. The Morgan fingerprint density at radius 2 is 2.06 bits per heavy atom. The predicted octanol–water partition coefficient (Wildman–Crippen LogP) is 4.09. The lowest BCUT2D eigenvalue weighted by Gasteiger charge is -2.44. The summed E-state index contributed by atoms with van der Waals surface area (Å²) in [6.07, 6.45) is 1.64. The molecule has 0 unspecified atom stereocenters. The molecule has 0 bridgehead atoms. The Balaban J connectivity index is 1.58. The van der Waals surface area contributed by atoms with Gasteiger partial charge in [0.1, 0.15) is 11.2 Å². The molecular weight excluding hydrogens is 422 g/mol. The molecule has 32 heavy (non-hydrogen) atoms. The Bertz CT molecular complexity index is 1090. The van der Waals surface area contributed by atoms with Gasteiger partial charge >= 0.3 is 0 Å². The van der Waals surface area contributed by atoms with Gasteiger partial charge in [-0.15, -0.1) is 11.3 Å². The molecule has 1 atom stereocenters. The van der Waals surface area contributed by atoms with E-state index in [1.54, 1.807) is 16.2 Å². The number of carbonyl (C=O) groups is 2. The second kappa shape index (κ2) is 9.46. The van der Waals surface area contributed by atoms with Crippen LogP contribution in [0.4, 0.5) is 0 Å². The van der Waals surface area contributed by atoms with E-state index in [1.807, 2.05) is 67.1 Å². The number of amides is 2. The van der Waals surface area contributed by atoms with E-state index in [0.717, 1.165) is 23.7 Å². The Morgan fingerprint density at radius 3 is 2.81 bits per heavy atom. The Morgan fingerprint density at radius 1 is 1.25 bits per heavy atom. The van der Waals surface area contributed by atoms with Crippen molar-refractivity contribution < 1.29 is 14.3 Å². The summed E-state index contributed by atoms with van der Waals surface area (Å²) in [6, 6.07) is 14.0. The number of nitrogens with one attached hydrogen (secondary N) is 1. The lowest BCUT2D eigenvalue weighted by atomic mass is 9.94. The summed E-state index contributed by atoms with van der Waals surface area (Å²) in [5.74, 6) is -0.213. The summed E-state index contributed by atoms with van der Waals surface area (Å²) >= 11 is 1.67. The highest BCUT2D eigenvalue weighted by molar-refractivity contribution is 7.09. The molecule has 1 aliphatic heterocycles. The molecule has 0 spiro atoms. The molecule has 7 heteroatoms. The summed E-state index contributed by atoms with van der Waals surface area (Å²) in [6.45, 7) is 7.93. The molecular formula is C25H31N3O3S. The lowest BCUT2D eigenvalue weighted by Crippen LogP contribution is -2.64. The maximum absolute atomic E-state index is 13.6. The molecule has 3 aromatic rings. The molecule has 1 aromatic carbocycles.